The highest BCUT2D eigenvalue weighted by molar-refractivity contribution is 5.84. The van der Waals surface area contributed by atoms with E-state index >= 15 is 0 Å². The van der Waals surface area contributed by atoms with Crippen molar-refractivity contribution in [3.05, 3.63) is 138 Å². The van der Waals surface area contributed by atoms with E-state index < -0.39 is 0 Å². The van der Waals surface area contributed by atoms with Crippen molar-refractivity contribution in [3.8, 4) is 33.4 Å². The number of hydrogen-bond acceptors (Lipinski definition) is 1. The molecule has 1 aliphatic rings. The van der Waals surface area contributed by atoms with Crippen molar-refractivity contribution < 1.29 is 0 Å². The van der Waals surface area contributed by atoms with Gasteiger partial charge in [0.05, 0.1) is 0 Å². The predicted molar refractivity (Wildman–Crippen MR) is 159 cm³/mol. The smallest absolute Gasteiger partial charge is 0.0390 e. The van der Waals surface area contributed by atoms with Crippen LogP contribution in [0.2, 0.25) is 0 Å². The van der Waals surface area contributed by atoms with Crippen molar-refractivity contribution in [2.45, 2.75) is 26.2 Å². The number of nitrogens with one attached hydrogen (secondary N) is 1. The van der Waals surface area contributed by atoms with Crippen LogP contribution in [0.1, 0.15) is 37.5 Å². The molecule has 0 bridgehead atoms. The first-order valence-corrected chi connectivity index (χ1v) is 13.0. The zero-order valence-corrected chi connectivity index (χ0v) is 21.6. The molecule has 5 aromatic rings. The molecule has 0 amide bonds. The number of anilines is 2. The third-order valence-corrected chi connectivity index (χ3v) is 7.56. The average molecular weight is 478 g/mol. The topological polar surface area (TPSA) is 12.0 Å². The maximum Gasteiger partial charge on any atom is 0.0390 e. The normalized spacial score (nSPS) is 13.4. The number of fused-ring (bicyclic) bond motifs is 3. The molecule has 1 aliphatic carbocycles. The summed E-state index contributed by atoms with van der Waals surface area (Å²) in [4.78, 5) is 0. The predicted octanol–water partition coefficient (Wildman–Crippen LogP) is 10.1. The first-order chi connectivity index (χ1) is 18.0. The molecule has 0 radical (unpaired) electrons. The van der Waals surface area contributed by atoms with Crippen LogP contribution >= 0.6 is 0 Å². The lowest BCUT2D eigenvalue weighted by atomic mass is 9.81. The molecular formula is C36H31N. The molecule has 0 unspecified atom stereocenters. The Bertz CT molecular complexity index is 1600. The van der Waals surface area contributed by atoms with E-state index in [0.717, 1.165) is 11.4 Å². The summed E-state index contributed by atoms with van der Waals surface area (Å²) < 4.78 is 0. The van der Waals surface area contributed by atoms with Crippen LogP contribution in [0.5, 0.6) is 0 Å². The summed E-state index contributed by atoms with van der Waals surface area (Å²) in [5, 5.41) is 3.59. The zero-order chi connectivity index (χ0) is 25.4. The Kier molecular flexibility index (Phi) is 5.77. The molecule has 0 spiro atoms. The molecule has 180 valence electrons. The van der Waals surface area contributed by atoms with Gasteiger partial charge in [-0.2, -0.15) is 0 Å². The fourth-order valence-electron chi connectivity index (χ4n) is 5.55. The van der Waals surface area contributed by atoms with Crippen LogP contribution in [0.3, 0.4) is 0 Å². The molecule has 0 fully saturated rings. The molecule has 0 heterocycles. The quantitative estimate of drug-likeness (QED) is 0.265. The van der Waals surface area contributed by atoms with Crippen LogP contribution in [0, 0.1) is 0 Å². The molecule has 1 N–H and O–H groups in total. The van der Waals surface area contributed by atoms with Gasteiger partial charge in [-0.1, -0.05) is 111 Å². The van der Waals surface area contributed by atoms with Crippen molar-refractivity contribution in [1.29, 1.82) is 0 Å². The number of allylic oxidation sites excluding steroid dienone is 1. The summed E-state index contributed by atoms with van der Waals surface area (Å²) >= 11 is 0. The Morgan fingerprint density at radius 2 is 1.19 bits per heavy atom. The first kappa shape index (κ1) is 23.1. The zero-order valence-electron chi connectivity index (χ0n) is 21.6. The molecule has 37 heavy (non-hydrogen) atoms. The van der Waals surface area contributed by atoms with Crippen molar-refractivity contribution in [3.63, 3.8) is 0 Å². The van der Waals surface area contributed by atoms with Gasteiger partial charge in [0.1, 0.15) is 0 Å². The summed E-state index contributed by atoms with van der Waals surface area (Å²) in [5.41, 5.74) is 13.8. The molecule has 0 aromatic heterocycles. The second kappa shape index (κ2) is 9.26. The Labute approximate surface area is 220 Å². The van der Waals surface area contributed by atoms with E-state index in [2.05, 4.69) is 147 Å². The van der Waals surface area contributed by atoms with Gasteiger partial charge in [0.25, 0.3) is 0 Å². The van der Waals surface area contributed by atoms with Crippen molar-refractivity contribution in [2.75, 3.05) is 5.32 Å². The second-order valence-electron chi connectivity index (χ2n) is 10.3. The largest absolute Gasteiger partial charge is 0.356 e. The van der Waals surface area contributed by atoms with Gasteiger partial charge in [0, 0.05) is 16.8 Å². The van der Waals surface area contributed by atoms with E-state index in [1.54, 1.807) is 0 Å². The molecule has 1 heteroatoms. The van der Waals surface area contributed by atoms with E-state index in [1.165, 1.54) is 50.1 Å². The van der Waals surface area contributed by atoms with Crippen LogP contribution in [0.4, 0.5) is 11.4 Å². The molecule has 0 saturated carbocycles. The molecule has 0 atom stereocenters. The summed E-state index contributed by atoms with van der Waals surface area (Å²) in [5.74, 6) is 0. The highest BCUT2D eigenvalue weighted by Gasteiger charge is 2.35. The molecule has 0 saturated heterocycles. The van der Waals surface area contributed by atoms with E-state index in [0.29, 0.717) is 0 Å². The highest BCUT2D eigenvalue weighted by Crippen LogP contribution is 2.49. The van der Waals surface area contributed by atoms with Gasteiger partial charge in [-0.05, 0) is 87.3 Å². The summed E-state index contributed by atoms with van der Waals surface area (Å²) in [6.07, 6.45) is 4.18. The van der Waals surface area contributed by atoms with Gasteiger partial charge in [0.15, 0.2) is 0 Å². The molecule has 5 aromatic carbocycles. The maximum atomic E-state index is 3.59. The van der Waals surface area contributed by atoms with Crippen molar-refractivity contribution >= 4 is 17.5 Å². The van der Waals surface area contributed by atoms with Crippen LogP contribution in [0.15, 0.2) is 121 Å². The van der Waals surface area contributed by atoms with Gasteiger partial charge in [-0.3, -0.25) is 0 Å². The molecule has 6 rings (SSSR count). The SMILES string of the molecule is C/C=C/c1ccc(-c2ccc(Nc3cccc(-c4ccc5c(c4)C(C)(C)c4ccccc4-5)c3)cc2)cc1. The van der Waals surface area contributed by atoms with E-state index in [9.17, 15) is 0 Å². The standard InChI is InChI=1S/C36H31N/c1-4-8-25-13-15-26(16-14-25)27-17-20-30(21-18-27)37-31-10-7-9-28(23-31)29-19-22-33-32-11-5-6-12-34(32)36(2,3)35(33)24-29/h4-24,37H,1-3H3/b8-4+. The van der Waals surface area contributed by atoms with Gasteiger partial charge >= 0.3 is 0 Å². The summed E-state index contributed by atoms with van der Waals surface area (Å²) in [6.45, 7) is 6.71. The number of hydrogen-bond donors (Lipinski definition) is 1. The van der Waals surface area contributed by atoms with Crippen LogP contribution in [-0.2, 0) is 5.41 Å². The maximum absolute atomic E-state index is 3.59. The lowest BCUT2D eigenvalue weighted by molar-refractivity contribution is 0.660. The first-order valence-electron chi connectivity index (χ1n) is 13.0. The third-order valence-electron chi connectivity index (χ3n) is 7.56. The van der Waals surface area contributed by atoms with Crippen LogP contribution in [-0.4, -0.2) is 0 Å². The van der Waals surface area contributed by atoms with E-state index in [-0.39, 0.29) is 5.41 Å². The Morgan fingerprint density at radius 3 is 1.95 bits per heavy atom. The Morgan fingerprint density at radius 1 is 0.541 bits per heavy atom. The minimum atomic E-state index is 0.00651. The Hall–Kier alpha value is -4.36. The van der Waals surface area contributed by atoms with Crippen LogP contribution < -0.4 is 5.32 Å². The second-order valence-corrected chi connectivity index (χ2v) is 10.3. The third kappa shape index (κ3) is 4.27. The summed E-state index contributed by atoms with van der Waals surface area (Å²) in [6, 6.07) is 41.8. The van der Waals surface area contributed by atoms with Crippen LogP contribution in [0.25, 0.3) is 39.5 Å². The Balaban J connectivity index is 1.24. The van der Waals surface area contributed by atoms with Gasteiger partial charge in [-0.15, -0.1) is 0 Å². The molecule has 1 nitrogen and oxygen atoms in total. The molecule has 0 aliphatic heterocycles. The lowest BCUT2D eigenvalue weighted by Crippen LogP contribution is -2.14. The lowest BCUT2D eigenvalue weighted by Gasteiger charge is -2.22. The minimum absolute atomic E-state index is 0.00651. The fourth-order valence-corrected chi connectivity index (χ4v) is 5.55. The van der Waals surface area contributed by atoms with Crippen molar-refractivity contribution in [1.82, 2.24) is 0 Å². The van der Waals surface area contributed by atoms with Gasteiger partial charge < -0.3 is 5.32 Å². The number of benzene rings is 5. The highest BCUT2D eigenvalue weighted by atomic mass is 14.9. The molecular weight excluding hydrogens is 446 g/mol. The van der Waals surface area contributed by atoms with Gasteiger partial charge in [0.2, 0.25) is 0 Å². The monoisotopic (exact) mass is 477 g/mol. The minimum Gasteiger partial charge on any atom is -0.356 e. The van der Waals surface area contributed by atoms with E-state index in [4.69, 9.17) is 0 Å². The number of rotatable bonds is 5. The summed E-state index contributed by atoms with van der Waals surface area (Å²) in [7, 11) is 0. The van der Waals surface area contributed by atoms with E-state index in [1.807, 2.05) is 6.92 Å². The van der Waals surface area contributed by atoms with Crippen molar-refractivity contribution in [2.24, 2.45) is 0 Å². The average Bonchev–Trinajstić information content (AvgIpc) is 3.16. The fraction of sp³-hybridized carbons (Fsp3) is 0.111. The van der Waals surface area contributed by atoms with Gasteiger partial charge in [-0.25, -0.2) is 0 Å².